The van der Waals surface area contributed by atoms with Crippen molar-refractivity contribution in [3.63, 3.8) is 0 Å². The molecule has 0 bridgehead atoms. The molecule has 1 aromatic carbocycles. The van der Waals surface area contributed by atoms with E-state index in [0.29, 0.717) is 5.39 Å². The molecule has 2 heterocycles. The van der Waals surface area contributed by atoms with Crippen LogP contribution >= 0.6 is 0 Å². The third-order valence-corrected chi connectivity index (χ3v) is 4.24. The smallest absolute Gasteiger partial charge is 0.258 e. The quantitative estimate of drug-likeness (QED) is 0.926. The molecular formula is C17H23N3O2. The topological polar surface area (TPSA) is 58.2 Å². The van der Waals surface area contributed by atoms with Crippen molar-refractivity contribution in [1.82, 2.24) is 14.9 Å². The van der Waals surface area contributed by atoms with Crippen LogP contribution < -0.4 is 5.56 Å². The lowest BCUT2D eigenvalue weighted by molar-refractivity contribution is -0.0219. The van der Waals surface area contributed by atoms with Gasteiger partial charge < -0.3 is 9.72 Å². The molecule has 5 heteroatoms. The summed E-state index contributed by atoms with van der Waals surface area (Å²) in [5.74, 6) is 0.724. The fourth-order valence-corrected chi connectivity index (χ4v) is 3.04. The van der Waals surface area contributed by atoms with E-state index in [-0.39, 0.29) is 17.2 Å². The molecule has 1 aliphatic rings. The summed E-state index contributed by atoms with van der Waals surface area (Å²) in [7, 11) is 0. The molecular weight excluding hydrogens is 278 g/mol. The van der Waals surface area contributed by atoms with Crippen LogP contribution in [0.4, 0.5) is 0 Å². The Morgan fingerprint density at radius 1 is 1.36 bits per heavy atom. The van der Waals surface area contributed by atoms with Crippen LogP contribution in [0.2, 0.25) is 0 Å². The molecule has 1 N–H and O–H groups in total. The molecule has 1 aromatic heterocycles. The summed E-state index contributed by atoms with van der Waals surface area (Å²) in [6.07, 6.45) is 0.992. The standard InChI is InChI=1S/C17H23N3O2/c1-12(20-9-6-10-22-17(2,3)11-20)15-18-14-8-5-4-7-13(14)16(21)19-15/h4-5,7-8,12H,6,9-11H2,1-3H3,(H,18,19,21). The van der Waals surface area contributed by atoms with Gasteiger partial charge in [0.05, 0.1) is 22.5 Å². The average molecular weight is 301 g/mol. The van der Waals surface area contributed by atoms with Gasteiger partial charge >= 0.3 is 0 Å². The Kier molecular flexibility index (Phi) is 4.02. The molecule has 2 aromatic rings. The summed E-state index contributed by atoms with van der Waals surface area (Å²) >= 11 is 0. The molecule has 1 unspecified atom stereocenters. The number of H-pyrrole nitrogens is 1. The molecule has 0 spiro atoms. The summed E-state index contributed by atoms with van der Waals surface area (Å²) in [5.41, 5.74) is 0.498. The molecule has 1 atom stereocenters. The first kappa shape index (κ1) is 15.2. The van der Waals surface area contributed by atoms with Crippen LogP contribution in [0, 0.1) is 0 Å². The number of rotatable bonds is 2. The second-order valence-corrected chi connectivity index (χ2v) is 6.58. The Morgan fingerprint density at radius 3 is 2.95 bits per heavy atom. The summed E-state index contributed by atoms with van der Waals surface area (Å²) in [6, 6.07) is 7.51. The molecule has 0 saturated carbocycles. The van der Waals surface area contributed by atoms with Crippen LogP contribution in [0.3, 0.4) is 0 Å². The maximum atomic E-state index is 12.2. The predicted octanol–water partition coefficient (Wildman–Crippen LogP) is 2.49. The highest BCUT2D eigenvalue weighted by atomic mass is 16.5. The molecule has 1 saturated heterocycles. The number of aromatic nitrogens is 2. The Morgan fingerprint density at radius 2 is 2.14 bits per heavy atom. The third-order valence-electron chi connectivity index (χ3n) is 4.24. The van der Waals surface area contributed by atoms with Crippen molar-refractivity contribution in [1.29, 1.82) is 0 Å². The van der Waals surface area contributed by atoms with Gasteiger partial charge in [0.25, 0.3) is 5.56 Å². The molecule has 0 radical (unpaired) electrons. The molecule has 22 heavy (non-hydrogen) atoms. The molecule has 0 aliphatic carbocycles. The number of hydrogen-bond donors (Lipinski definition) is 1. The zero-order valence-electron chi connectivity index (χ0n) is 13.4. The minimum atomic E-state index is -0.179. The van der Waals surface area contributed by atoms with E-state index in [1.165, 1.54) is 0 Å². The number of nitrogens with zero attached hydrogens (tertiary/aromatic N) is 2. The molecule has 0 amide bonds. The van der Waals surface area contributed by atoms with Gasteiger partial charge in [0.2, 0.25) is 0 Å². The van der Waals surface area contributed by atoms with Crippen LogP contribution in [0.5, 0.6) is 0 Å². The van der Waals surface area contributed by atoms with Gasteiger partial charge in [0.1, 0.15) is 5.82 Å². The molecule has 3 rings (SSSR count). The minimum Gasteiger partial charge on any atom is -0.374 e. The van der Waals surface area contributed by atoms with E-state index in [1.54, 1.807) is 6.07 Å². The zero-order chi connectivity index (χ0) is 15.7. The molecule has 5 nitrogen and oxygen atoms in total. The van der Waals surface area contributed by atoms with Gasteiger partial charge in [-0.2, -0.15) is 0 Å². The van der Waals surface area contributed by atoms with E-state index in [1.807, 2.05) is 18.2 Å². The Balaban J connectivity index is 1.94. The fraction of sp³-hybridized carbons (Fsp3) is 0.529. The second-order valence-electron chi connectivity index (χ2n) is 6.58. The van der Waals surface area contributed by atoms with E-state index >= 15 is 0 Å². The number of nitrogens with one attached hydrogen (secondary N) is 1. The lowest BCUT2D eigenvalue weighted by Crippen LogP contribution is -2.40. The lowest BCUT2D eigenvalue weighted by atomic mass is 10.1. The SMILES string of the molecule is CC(c1nc2ccccc2c(=O)[nH]1)N1CCCOC(C)(C)C1. The molecule has 1 aliphatic heterocycles. The Hall–Kier alpha value is -1.72. The van der Waals surface area contributed by atoms with Crippen molar-refractivity contribution in [3.05, 3.63) is 40.4 Å². The number of aromatic amines is 1. The van der Waals surface area contributed by atoms with Crippen molar-refractivity contribution < 1.29 is 4.74 Å². The fourth-order valence-electron chi connectivity index (χ4n) is 3.04. The first-order valence-electron chi connectivity index (χ1n) is 7.83. The highest BCUT2D eigenvalue weighted by Crippen LogP contribution is 2.24. The molecule has 1 fully saturated rings. The summed E-state index contributed by atoms with van der Waals surface area (Å²) in [6.45, 7) is 8.85. The van der Waals surface area contributed by atoms with Crippen molar-refractivity contribution in [2.24, 2.45) is 0 Å². The van der Waals surface area contributed by atoms with Gasteiger partial charge in [-0.15, -0.1) is 0 Å². The van der Waals surface area contributed by atoms with Crippen LogP contribution in [0.1, 0.15) is 39.1 Å². The third kappa shape index (κ3) is 3.05. The van der Waals surface area contributed by atoms with Gasteiger partial charge in [-0.05, 0) is 39.3 Å². The monoisotopic (exact) mass is 301 g/mol. The highest BCUT2D eigenvalue weighted by molar-refractivity contribution is 5.77. The van der Waals surface area contributed by atoms with Crippen molar-refractivity contribution in [2.45, 2.75) is 38.8 Å². The number of ether oxygens (including phenoxy) is 1. The van der Waals surface area contributed by atoms with Gasteiger partial charge in [0.15, 0.2) is 0 Å². The largest absolute Gasteiger partial charge is 0.374 e. The maximum Gasteiger partial charge on any atom is 0.258 e. The Labute approximate surface area is 130 Å². The van der Waals surface area contributed by atoms with Crippen LogP contribution in [0.15, 0.2) is 29.1 Å². The van der Waals surface area contributed by atoms with Crippen LogP contribution in [-0.2, 0) is 4.74 Å². The zero-order valence-corrected chi connectivity index (χ0v) is 13.4. The minimum absolute atomic E-state index is 0.0540. The van der Waals surface area contributed by atoms with Gasteiger partial charge in [-0.3, -0.25) is 9.69 Å². The van der Waals surface area contributed by atoms with E-state index in [9.17, 15) is 4.79 Å². The number of hydrogen-bond acceptors (Lipinski definition) is 4. The van der Waals surface area contributed by atoms with Gasteiger partial charge in [0, 0.05) is 19.7 Å². The van der Waals surface area contributed by atoms with Crippen molar-refractivity contribution >= 4 is 10.9 Å². The predicted molar refractivity (Wildman–Crippen MR) is 87.0 cm³/mol. The van der Waals surface area contributed by atoms with E-state index in [0.717, 1.165) is 37.5 Å². The lowest BCUT2D eigenvalue weighted by Gasteiger charge is -2.32. The Bertz CT molecular complexity index is 723. The number of benzene rings is 1. The summed E-state index contributed by atoms with van der Waals surface area (Å²) in [5, 5.41) is 0.637. The molecule has 118 valence electrons. The average Bonchev–Trinajstić information content (AvgIpc) is 2.67. The first-order valence-corrected chi connectivity index (χ1v) is 7.83. The number of fused-ring (bicyclic) bond motifs is 1. The maximum absolute atomic E-state index is 12.2. The van der Waals surface area contributed by atoms with Crippen LogP contribution in [-0.4, -0.2) is 40.2 Å². The summed E-state index contributed by atoms with van der Waals surface area (Å²) in [4.78, 5) is 22.2. The van der Waals surface area contributed by atoms with Crippen LogP contribution in [0.25, 0.3) is 10.9 Å². The van der Waals surface area contributed by atoms with Gasteiger partial charge in [-0.1, -0.05) is 12.1 Å². The number of para-hydroxylation sites is 1. The van der Waals surface area contributed by atoms with E-state index in [4.69, 9.17) is 4.74 Å². The second kappa shape index (κ2) is 5.82. The summed E-state index contributed by atoms with van der Waals surface area (Å²) < 4.78 is 5.87. The van der Waals surface area contributed by atoms with Crippen molar-refractivity contribution in [3.8, 4) is 0 Å². The van der Waals surface area contributed by atoms with Gasteiger partial charge in [-0.25, -0.2) is 4.98 Å². The van der Waals surface area contributed by atoms with E-state index in [2.05, 4.69) is 35.6 Å². The van der Waals surface area contributed by atoms with E-state index < -0.39 is 0 Å². The van der Waals surface area contributed by atoms with Crippen molar-refractivity contribution in [2.75, 3.05) is 19.7 Å². The highest BCUT2D eigenvalue weighted by Gasteiger charge is 2.29. The normalized spacial score (nSPS) is 20.7. The first-order chi connectivity index (χ1) is 10.5.